The van der Waals surface area contributed by atoms with Gasteiger partial charge in [0.15, 0.2) is 6.29 Å². The standard InChI is InChI=1S/C8H8O6S/c9-7(10)4-1-5(8(11)12)3-6(2-4)15(13)14/h1-3,7,9-10H,(H,11,12)(H,13,14)/p-1. The molecule has 1 aromatic rings. The number of benzene rings is 1. The van der Waals surface area contributed by atoms with Crippen molar-refractivity contribution < 1.29 is 28.9 Å². The Balaban J connectivity index is 3.32. The van der Waals surface area contributed by atoms with Crippen LogP contribution in [0.4, 0.5) is 0 Å². The summed E-state index contributed by atoms with van der Waals surface area (Å²) in [6, 6.07) is 2.90. The summed E-state index contributed by atoms with van der Waals surface area (Å²) in [6.07, 6.45) is -1.91. The van der Waals surface area contributed by atoms with Gasteiger partial charge in [-0.25, -0.2) is 4.79 Å². The van der Waals surface area contributed by atoms with E-state index in [1.165, 1.54) is 0 Å². The molecule has 0 aliphatic rings. The van der Waals surface area contributed by atoms with Crippen molar-refractivity contribution in [2.75, 3.05) is 0 Å². The zero-order valence-electron chi connectivity index (χ0n) is 7.28. The lowest BCUT2D eigenvalue weighted by Crippen LogP contribution is -2.04. The van der Waals surface area contributed by atoms with E-state index in [0.29, 0.717) is 0 Å². The average molecular weight is 231 g/mol. The highest BCUT2D eigenvalue weighted by Crippen LogP contribution is 2.17. The minimum Gasteiger partial charge on any atom is -0.768 e. The van der Waals surface area contributed by atoms with Crippen LogP contribution in [-0.4, -0.2) is 30.1 Å². The molecule has 0 spiro atoms. The van der Waals surface area contributed by atoms with Crippen LogP contribution in [0.15, 0.2) is 23.1 Å². The maximum absolute atomic E-state index is 10.6. The van der Waals surface area contributed by atoms with Gasteiger partial charge in [0.25, 0.3) is 0 Å². The second kappa shape index (κ2) is 4.49. The summed E-state index contributed by atoms with van der Waals surface area (Å²) in [5, 5.41) is 26.2. The number of hydrogen-bond donors (Lipinski definition) is 3. The molecule has 0 amide bonds. The van der Waals surface area contributed by atoms with Gasteiger partial charge in [-0.1, -0.05) is 0 Å². The summed E-state index contributed by atoms with van der Waals surface area (Å²) in [6.45, 7) is 0. The van der Waals surface area contributed by atoms with Gasteiger partial charge in [0.05, 0.1) is 5.56 Å². The number of aliphatic hydroxyl groups is 2. The third-order valence-corrected chi connectivity index (χ3v) is 2.29. The number of aromatic carboxylic acids is 1. The van der Waals surface area contributed by atoms with E-state index in [1.807, 2.05) is 0 Å². The molecule has 1 rings (SSSR count). The fourth-order valence-electron chi connectivity index (χ4n) is 0.991. The van der Waals surface area contributed by atoms with Gasteiger partial charge in [-0.2, -0.15) is 0 Å². The van der Waals surface area contributed by atoms with Crippen molar-refractivity contribution in [2.24, 2.45) is 0 Å². The first-order valence-electron chi connectivity index (χ1n) is 3.75. The quantitative estimate of drug-likeness (QED) is 0.481. The van der Waals surface area contributed by atoms with Crippen LogP contribution in [0, 0.1) is 0 Å². The van der Waals surface area contributed by atoms with Crippen molar-refractivity contribution in [1.29, 1.82) is 0 Å². The Bertz CT molecular complexity index is 381. The highest BCUT2D eigenvalue weighted by molar-refractivity contribution is 7.79. The molecule has 0 fully saturated rings. The van der Waals surface area contributed by atoms with E-state index < -0.39 is 23.3 Å². The lowest BCUT2D eigenvalue weighted by Gasteiger charge is -2.10. The van der Waals surface area contributed by atoms with Crippen LogP contribution in [0.2, 0.25) is 0 Å². The fraction of sp³-hybridized carbons (Fsp3) is 0.125. The van der Waals surface area contributed by atoms with Crippen molar-refractivity contribution in [3.8, 4) is 0 Å². The molecule has 0 saturated heterocycles. The van der Waals surface area contributed by atoms with Gasteiger partial charge in [0.2, 0.25) is 0 Å². The molecular formula is C8H7O6S-. The van der Waals surface area contributed by atoms with Crippen molar-refractivity contribution in [2.45, 2.75) is 11.2 Å². The molecule has 0 aliphatic heterocycles. The summed E-state index contributed by atoms with van der Waals surface area (Å²) in [5.74, 6) is -1.34. The zero-order chi connectivity index (χ0) is 11.6. The van der Waals surface area contributed by atoms with Gasteiger partial charge in [0.1, 0.15) is 0 Å². The van der Waals surface area contributed by atoms with Gasteiger partial charge in [-0.05, 0) is 29.3 Å². The highest BCUT2D eigenvalue weighted by Gasteiger charge is 2.11. The van der Waals surface area contributed by atoms with Crippen molar-refractivity contribution in [3.05, 3.63) is 29.3 Å². The van der Waals surface area contributed by atoms with E-state index in [1.54, 1.807) is 0 Å². The zero-order valence-corrected chi connectivity index (χ0v) is 8.10. The molecule has 0 heterocycles. The molecule has 0 radical (unpaired) electrons. The van der Waals surface area contributed by atoms with Gasteiger partial charge in [0, 0.05) is 10.5 Å². The first-order chi connectivity index (χ1) is 6.91. The average Bonchev–Trinajstić information content (AvgIpc) is 2.16. The molecule has 6 nitrogen and oxygen atoms in total. The molecule has 0 saturated carbocycles. The summed E-state index contributed by atoms with van der Waals surface area (Å²) >= 11 is -2.62. The van der Waals surface area contributed by atoms with Crippen LogP contribution in [0.25, 0.3) is 0 Å². The molecule has 82 valence electrons. The Morgan fingerprint density at radius 2 is 1.93 bits per heavy atom. The van der Waals surface area contributed by atoms with Crippen LogP contribution in [0.5, 0.6) is 0 Å². The predicted molar refractivity (Wildman–Crippen MR) is 47.8 cm³/mol. The second-order valence-corrected chi connectivity index (χ2v) is 3.65. The second-order valence-electron chi connectivity index (χ2n) is 2.70. The third kappa shape index (κ3) is 2.83. The van der Waals surface area contributed by atoms with E-state index in [4.69, 9.17) is 15.3 Å². The Kier molecular flexibility index (Phi) is 3.53. The number of carbonyl (C=O) groups is 1. The van der Waals surface area contributed by atoms with E-state index in [0.717, 1.165) is 18.2 Å². The molecular weight excluding hydrogens is 224 g/mol. The van der Waals surface area contributed by atoms with Crippen LogP contribution < -0.4 is 0 Å². The topological polar surface area (TPSA) is 118 Å². The van der Waals surface area contributed by atoms with Gasteiger partial charge in [-0.3, -0.25) is 4.21 Å². The molecule has 15 heavy (non-hydrogen) atoms. The fourth-order valence-corrected chi connectivity index (χ4v) is 1.45. The smallest absolute Gasteiger partial charge is 0.335 e. The number of hydrogen-bond acceptors (Lipinski definition) is 5. The van der Waals surface area contributed by atoms with Crippen LogP contribution in [0.3, 0.4) is 0 Å². The van der Waals surface area contributed by atoms with E-state index in [-0.39, 0.29) is 16.0 Å². The minimum absolute atomic E-state index is 0.186. The predicted octanol–water partition coefficient (Wildman–Crippen LogP) is -0.394. The Morgan fingerprint density at radius 3 is 2.33 bits per heavy atom. The van der Waals surface area contributed by atoms with Crippen molar-refractivity contribution in [1.82, 2.24) is 0 Å². The maximum Gasteiger partial charge on any atom is 0.335 e. The molecule has 0 bridgehead atoms. The van der Waals surface area contributed by atoms with Gasteiger partial charge >= 0.3 is 5.97 Å². The minimum atomic E-state index is -2.62. The van der Waals surface area contributed by atoms with Crippen molar-refractivity contribution in [3.63, 3.8) is 0 Å². The lowest BCUT2D eigenvalue weighted by atomic mass is 10.1. The van der Waals surface area contributed by atoms with Gasteiger partial charge < -0.3 is 19.9 Å². The number of aliphatic hydroxyl groups excluding tert-OH is 1. The molecule has 1 atom stereocenters. The number of carboxylic acid groups (broad SMARTS) is 1. The Labute approximate surface area is 87.1 Å². The van der Waals surface area contributed by atoms with E-state index >= 15 is 0 Å². The summed E-state index contributed by atoms with van der Waals surface area (Å²) in [4.78, 5) is 10.3. The third-order valence-electron chi connectivity index (χ3n) is 1.67. The number of rotatable bonds is 3. The molecule has 3 N–H and O–H groups in total. The molecule has 7 heteroatoms. The monoisotopic (exact) mass is 231 g/mol. The highest BCUT2D eigenvalue weighted by atomic mass is 32.2. The van der Waals surface area contributed by atoms with Gasteiger partial charge in [-0.15, -0.1) is 0 Å². The van der Waals surface area contributed by atoms with Crippen molar-refractivity contribution >= 4 is 17.0 Å². The summed E-state index contributed by atoms with van der Waals surface area (Å²) in [7, 11) is 0. The molecule has 0 aliphatic carbocycles. The van der Waals surface area contributed by atoms with Crippen LogP contribution in [0.1, 0.15) is 22.2 Å². The first-order valence-corrected chi connectivity index (χ1v) is 4.83. The number of carboxylic acids is 1. The Morgan fingerprint density at radius 1 is 1.33 bits per heavy atom. The summed E-state index contributed by atoms with van der Waals surface area (Å²) in [5.41, 5.74) is -0.506. The summed E-state index contributed by atoms with van der Waals surface area (Å²) < 4.78 is 21.2. The maximum atomic E-state index is 10.6. The molecule has 1 unspecified atom stereocenters. The lowest BCUT2D eigenvalue weighted by molar-refractivity contribution is -0.0426. The van der Waals surface area contributed by atoms with E-state index in [2.05, 4.69) is 0 Å². The largest absolute Gasteiger partial charge is 0.768 e. The Hall–Kier alpha value is -1.28. The molecule has 0 aromatic heterocycles. The van der Waals surface area contributed by atoms with Crippen LogP contribution in [-0.2, 0) is 11.1 Å². The molecule has 1 aromatic carbocycles. The normalized spacial score (nSPS) is 12.8. The van der Waals surface area contributed by atoms with Crippen LogP contribution >= 0.6 is 0 Å². The SMILES string of the molecule is O=C(O)c1cc(C(O)O)cc(S(=O)[O-])c1. The van der Waals surface area contributed by atoms with E-state index in [9.17, 15) is 13.6 Å². The first kappa shape index (κ1) is 11.8.